The summed E-state index contributed by atoms with van der Waals surface area (Å²) in [6, 6.07) is 3.99. The van der Waals surface area contributed by atoms with Gasteiger partial charge in [-0.3, -0.25) is 9.59 Å². The molecule has 1 aliphatic rings. The van der Waals surface area contributed by atoms with Crippen molar-refractivity contribution in [1.29, 1.82) is 0 Å². The molecular formula is C18H19N3O2S3. The highest BCUT2D eigenvalue weighted by Gasteiger charge is 2.21. The van der Waals surface area contributed by atoms with Crippen molar-refractivity contribution in [3.05, 3.63) is 49.0 Å². The largest absolute Gasteiger partial charge is 0.351 e. The standard InChI is InChI=1S/C18H19N3O2S3/c22-15(19-9-11-3-2-7-25-11)6-8-24-10-14-20-17(23)16-12-4-1-5-13(12)26-18(16)21-14/h2-3,7H,1,4-6,8-10H2,(H,19,22)(H,20,21,23). The number of amides is 1. The number of H-pyrrole nitrogens is 1. The fraction of sp³-hybridized carbons (Fsp3) is 0.389. The van der Waals surface area contributed by atoms with Crippen LogP contribution in [0, 0.1) is 0 Å². The van der Waals surface area contributed by atoms with Crippen LogP contribution in [0.3, 0.4) is 0 Å². The number of thioether (sulfide) groups is 1. The van der Waals surface area contributed by atoms with Crippen molar-refractivity contribution in [3.8, 4) is 0 Å². The molecule has 5 nitrogen and oxygen atoms in total. The van der Waals surface area contributed by atoms with Gasteiger partial charge < -0.3 is 10.3 Å². The molecule has 0 spiro atoms. The maximum Gasteiger partial charge on any atom is 0.259 e. The van der Waals surface area contributed by atoms with Gasteiger partial charge >= 0.3 is 0 Å². The van der Waals surface area contributed by atoms with Gasteiger partial charge in [-0.15, -0.1) is 22.7 Å². The van der Waals surface area contributed by atoms with Gasteiger partial charge in [-0.2, -0.15) is 11.8 Å². The van der Waals surface area contributed by atoms with Crippen LogP contribution < -0.4 is 10.9 Å². The first-order chi connectivity index (χ1) is 12.7. The Kier molecular flexibility index (Phi) is 5.42. The van der Waals surface area contributed by atoms with Gasteiger partial charge in [0.2, 0.25) is 5.91 Å². The number of hydrogen-bond donors (Lipinski definition) is 2. The Hall–Kier alpha value is -1.64. The van der Waals surface area contributed by atoms with Gasteiger partial charge in [-0.1, -0.05) is 6.07 Å². The van der Waals surface area contributed by atoms with E-state index in [0.29, 0.717) is 30.3 Å². The Labute approximate surface area is 163 Å². The Morgan fingerprint density at radius 2 is 2.31 bits per heavy atom. The van der Waals surface area contributed by atoms with Crippen LogP contribution in [0.15, 0.2) is 22.3 Å². The van der Waals surface area contributed by atoms with Crippen LogP contribution in [0.25, 0.3) is 10.2 Å². The monoisotopic (exact) mass is 405 g/mol. The molecule has 0 unspecified atom stereocenters. The van der Waals surface area contributed by atoms with E-state index in [2.05, 4.69) is 15.3 Å². The molecule has 1 aliphatic carbocycles. The first-order valence-electron chi connectivity index (χ1n) is 8.61. The van der Waals surface area contributed by atoms with E-state index in [1.165, 1.54) is 10.4 Å². The van der Waals surface area contributed by atoms with E-state index in [9.17, 15) is 9.59 Å². The first-order valence-corrected chi connectivity index (χ1v) is 11.5. The van der Waals surface area contributed by atoms with Crippen molar-refractivity contribution in [2.45, 2.75) is 38.0 Å². The zero-order valence-electron chi connectivity index (χ0n) is 14.2. The molecule has 0 radical (unpaired) electrons. The summed E-state index contributed by atoms with van der Waals surface area (Å²) in [7, 11) is 0. The maximum absolute atomic E-state index is 12.4. The van der Waals surface area contributed by atoms with E-state index >= 15 is 0 Å². The van der Waals surface area contributed by atoms with E-state index in [-0.39, 0.29) is 11.5 Å². The van der Waals surface area contributed by atoms with E-state index in [4.69, 9.17) is 0 Å². The lowest BCUT2D eigenvalue weighted by molar-refractivity contribution is -0.120. The lowest BCUT2D eigenvalue weighted by Gasteiger charge is -2.04. The molecule has 0 atom stereocenters. The van der Waals surface area contributed by atoms with Gasteiger partial charge in [0.05, 0.1) is 17.7 Å². The summed E-state index contributed by atoms with van der Waals surface area (Å²) >= 11 is 4.92. The minimum absolute atomic E-state index is 0.0151. The second-order valence-electron chi connectivity index (χ2n) is 6.21. The Morgan fingerprint density at radius 1 is 1.38 bits per heavy atom. The van der Waals surface area contributed by atoms with E-state index in [0.717, 1.165) is 34.4 Å². The van der Waals surface area contributed by atoms with Crippen LogP contribution in [0.1, 0.15) is 34.0 Å². The number of aromatic nitrogens is 2. The average Bonchev–Trinajstić information content (AvgIpc) is 3.33. The van der Waals surface area contributed by atoms with E-state index < -0.39 is 0 Å². The third-order valence-electron chi connectivity index (χ3n) is 4.38. The second kappa shape index (κ2) is 7.94. The second-order valence-corrected chi connectivity index (χ2v) is 9.43. The molecule has 0 bridgehead atoms. The summed E-state index contributed by atoms with van der Waals surface area (Å²) in [5, 5.41) is 5.72. The number of nitrogens with zero attached hydrogens (tertiary/aromatic N) is 1. The number of nitrogens with one attached hydrogen (secondary N) is 2. The number of carbonyl (C=O) groups is 1. The lowest BCUT2D eigenvalue weighted by Crippen LogP contribution is -2.22. The molecule has 4 rings (SSSR count). The fourth-order valence-corrected chi connectivity index (χ4v) is 5.87. The summed E-state index contributed by atoms with van der Waals surface area (Å²) in [6.45, 7) is 0.593. The number of carbonyl (C=O) groups excluding carboxylic acids is 1. The molecule has 1 amide bonds. The number of thiophene rings is 2. The predicted octanol–water partition coefficient (Wildman–Crippen LogP) is 3.47. The molecule has 0 fully saturated rings. The first kappa shape index (κ1) is 17.8. The number of fused-ring (bicyclic) bond motifs is 3. The van der Waals surface area contributed by atoms with Gasteiger partial charge in [0.25, 0.3) is 5.56 Å². The topological polar surface area (TPSA) is 74.8 Å². The zero-order valence-corrected chi connectivity index (χ0v) is 16.6. The average molecular weight is 406 g/mol. The predicted molar refractivity (Wildman–Crippen MR) is 109 cm³/mol. The van der Waals surface area contributed by atoms with Gasteiger partial charge in [-0.25, -0.2) is 4.98 Å². The Balaban J connectivity index is 1.28. The quantitative estimate of drug-likeness (QED) is 0.590. The minimum atomic E-state index is -0.0151. The lowest BCUT2D eigenvalue weighted by atomic mass is 10.2. The molecule has 8 heteroatoms. The zero-order chi connectivity index (χ0) is 17.9. The molecule has 2 N–H and O–H groups in total. The van der Waals surface area contributed by atoms with Crippen molar-refractivity contribution < 1.29 is 4.79 Å². The highest BCUT2D eigenvalue weighted by Crippen LogP contribution is 2.34. The molecule has 26 heavy (non-hydrogen) atoms. The highest BCUT2D eigenvalue weighted by molar-refractivity contribution is 7.98. The molecule has 0 saturated carbocycles. The van der Waals surface area contributed by atoms with Gasteiger partial charge in [0.1, 0.15) is 10.7 Å². The summed E-state index contributed by atoms with van der Waals surface area (Å²) in [5.41, 5.74) is 1.19. The summed E-state index contributed by atoms with van der Waals surface area (Å²) < 4.78 is 0. The van der Waals surface area contributed by atoms with Crippen molar-refractivity contribution in [1.82, 2.24) is 15.3 Å². The van der Waals surface area contributed by atoms with Crippen LogP contribution >= 0.6 is 34.4 Å². The molecule has 0 aromatic carbocycles. The fourth-order valence-electron chi connectivity index (χ4n) is 3.14. The smallest absolute Gasteiger partial charge is 0.259 e. The van der Waals surface area contributed by atoms with Crippen molar-refractivity contribution in [2.24, 2.45) is 0 Å². The van der Waals surface area contributed by atoms with E-state index in [1.807, 2.05) is 17.5 Å². The van der Waals surface area contributed by atoms with Crippen molar-refractivity contribution >= 4 is 50.6 Å². The summed E-state index contributed by atoms with van der Waals surface area (Å²) in [6.07, 6.45) is 3.67. The molecular weight excluding hydrogens is 386 g/mol. The van der Waals surface area contributed by atoms with Gasteiger partial charge in [0, 0.05) is 21.9 Å². The Morgan fingerprint density at radius 3 is 3.15 bits per heavy atom. The third-order valence-corrected chi connectivity index (χ3v) is 7.41. The number of aromatic amines is 1. The summed E-state index contributed by atoms with van der Waals surface area (Å²) in [5.74, 6) is 2.08. The van der Waals surface area contributed by atoms with E-state index in [1.54, 1.807) is 34.4 Å². The number of hydrogen-bond acceptors (Lipinski definition) is 6. The maximum atomic E-state index is 12.4. The number of rotatable bonds is 7. The van der Waals surface area contributed by atoms with Gasteiger partial charge in [0.15, 0.2) is 0 Å². The normalized spacial score (nSPS) is 13.2. The summed E-state index contributed by atoms with van der Waals surface area (Å²) in [4.78, 5) is 35.2. The van der Waals surface area contributed by atoms with Crippen LogP contribution in [0.4, 0.5) is 0 Å². The van der Waals surface area contributed by atoms with Crippen molar-refractivity contribution in [3.63, 3.8) is 0 Å². The molecule has 0 saturated heterocycles. The molecule has 3 heterocycles. The Bertz CT molecular complexity index is 976. The molecule has 3 aromatic heterocycles. The third kappa shape index (κ3) is 3.87. The molecule has 136 valence electrons. The van der Waals surface area contributed by atoms with Crippen LogP contribution in [-0.2, 0) is 29.9 Å². The van der Waals surface area contributed by atoms with Crippen LogP contribution in [0.5, 0.6) is 0 Å². The minimum Gasteiger partial charge on any atom is -0.351 e. The van der Waals surface area contributed by atoms with Crippen LogP contribution in [0.2, 0.25) is 0 Å². The molecule has 3 aromatic rings. The van der Waals surface area contributed by atoms with Gasteiger partial charge in [-0.05, 0) is 36.3 Å². The van der Waals surface area contributed by atoms with Crippen LogP contribution in [-0.4, -0.2) is 21.6 Å². The number of aryl methyl sites for hydroxylation is 2. The highest BCUT2D eigenvalue weighted by atomic mass is 32.2. The SMILES string of the molecule is O=C(CCSCc1nc2sc3c(c2c(=O)[nH]1)CCC3)NCc1cccs1. The van der Waals surface area contributed by atoms with Crippen molar-refractivity contribution in [2.75, 3.05) is 5.75 Å². The molecule has 0 aliphatic heterocycles.